The summed E-state index contributed by atoms with van der Waals surface area (Å²) in [5.41, 5.74) is 0.896. The van der Waals surface area contributed by atoms with Crippen LogP contribution in [0.15, 0.2) is 18.2 Å². The van der Waals surface area contributed by atoms with Crippen molar-refractivity contribution in [2.75, 3.05) is 13.7 Å². The SMILES string of the molecule is CCNC(C)c1ccc(OC)cc1O. The molecule has 0 heterocycles. The van der Waals surface area contributed by atoms with Gasteiger partial charge in [0.25, 0.3) is 0 Å². The predicted molar refractivity (Wildman–Crippen MR) is 56.8 cm³/mol. The van der Waals surface area contributed by atoms with Crippen molar-refractivity contribution in [3.05, 3.63) is 23.8 Å². The van der Waals surface area contributed by atoms with Crippen molar-refractivity contribution in [1.82, 2.24) is 5.32 Å². The summed E-state index contributed by atoms with van der Waals surface area (Å²) in [6.07, 6.45) is 0. The van der Waals surface area contributed by atoms with Crippen molar-refractivity contribution >= 4 is 0 Å². The van der Waals surface area contributed by atoms with E-state index in [0.717, 1.165) is 12.1 Å². The maximum Gasteiger partial charge on any atom is 0.124 e. The average Bonchev–Trinajstić information content (AvgIpc) is 2.17. The monoisotopic (exact) mass is 195 g/mol. The highest BCUT2D eigenvalue weighted by Crippen LogP contribution is 2.27. The molecule has 0 radical (unpaired) electrons. The van der Waals surface area contributed by atoms with Gasteiger partial charge >= 0.3 is 0 Å². The topological polar surface area (TPSA) is 41.5 Å². The summed E-state index contributed by atoms with van der Waals surface area (Å²) in [7, 11) is 1.59. The molecule has 0 spiro atoms. The molecule has 1 atom stereocenters. The number of methoxy groups -OCH3 is 1. The standard InChI is InChI=1S/C11H17NO2/c1-4-12-8(2)10-6-5-9(14-3)7-11(10)13/h5-8,12-13H,4H2,1-3H3. The summed E-state index contributed by atoms with van der Waals surface area (Å²) < 4.78 is 5.01. The molecule has 1 aromatic rings. The van der Waals surface area contributed by atoms with Gasteiger partial charge in [-0.15, -0.1) is 0 Å². The number of nitrogens with one attached hydrogen (secondary N) is 1. The lowest BCUT2D eigenvalue weighted by atomic mass is 10.1. The van der Waals surface area contributed by atoms with Crippen LogP contribution >= 0.6 is 0 Å². The first kappa shape index (κ1) is 10.9. The number of hydrogen-bond donors (Lipinski definition) is 2. The highest BCUT2D eigenvalue weighted by atomic mass is 16.5. The van der Waals surface area contributed by atoms with E-state index in [-0.39, 0.29) is 11.8 Å². The summed E-state index contributed by atoms with van der Waals surface area (Å²) >= 11 is 0. The van der Waals surface area contributed by atoms with Crippen molar-refractivity contribution in [2.24, 2.45) is 0 Å². The van der Waals surface area contributed by atoms with E-state index in [0.29, 0.717) is 5.75 Å². The minimum absolute atomic E-state index is 0.158. The van der Waals surface area contributed by atoms with Crippen LogP contribution in [-0.4, -0.2) is 18.8 Å². The molecule has 0 aromatic heterocycles. The van der Waals surface area contributed by atoms with Gasteiger partial charge in [-0.3, -0.25) is 0 Å². The number of phenolic OH excluding ortho intramolecular Hbond substituents is 1. The summed E-state index contributed by atoms with van der Waals surface area (Å²) in [5.74, 6) is 0.952. The maximum absolute atomic E-state index is 9.70. The van der Waals surface area contributed by atoms with Crippen LogP contribution in [0.25, 0.3) is 0 Å². The van der Waals surface area contributed by atoms with Crippen molar-refractivity contribution < 1.29 is 9.84 Å². The van der Waals surface area contributed by atoms with Crippen LogP contribution in [0.4, 0.5) is 0 Å². The molecule has 0 saturated heterocycles. The fourth-order valence-corrected chi connectivity index (χ4v) is 1.43. The van der Waals surface area contributed by atoms with Gasteiger partial charge in [0, 0.05) is 17.7 Å². The highest BCUT2D eigenvalue weighted by Gasteiger charge is 2.09. The first-order valence-corrected chi connectivity index (χ1v) is 4.79. The third kappa shape index (κ3) is 2.39. The van der Waals surface area contributed by atoms with E-state index < -0.39 is 0 Å². The molecule has 2 N–H and O–H groups in total. The normalized spacial score (nSPS) is 12.5. The Bertz CT molecular complexity index is 299. The first-order chi connectivity index (χ1) is 6.69. The molecule has 14 heavy (non-hydrogen) atoms. The number of ether oxygens (including phenoxy) is 1. The van der Waals surface area contributed by atoms with Crippen LogP contribution in [0.2, 0.25) is 0 Å². The fraction of sp³-hybridized carbons (Fsp3) is 0.455. The largest absolute Gasteiger partial charge is 0.507 e. The summed E-state index contributed by atoms with van der Waals surface area (Å²) in [5, 5.41) is 12.9. The third-order valence-corrected chi connectivity index (χ3v) is 2.21. The lowest BCUT2D eigenvalue weighted by Gasteiger charge is -2.14. The molecular formula is C11H17NO2. The van der Waals surface area contributed by atoms with Crippen LogP contribution in [0.3, 0.4) is 0 Å². The Morgan fingerprint density at radius 2 is 2.21 bits per heavy atom. The van der Waals surface area contributed by atoms with Crippen molar-refractivity contribution in [3.63, 3.8) is 0 Å². The minimum atomic E-state index is 0.158. The Labute approximate surface area is 84.7 Å². The van der Waals surface area contributed by atoms with E-state index in [1.165, 1.54) is 0 Å². The molecule has 0 amide bonds. The van der Waals surface area contributed by atoms with Gasteiger partial charge < -0.3 is 15.2 Å². The van der Waals surface area contributed by atoms with Gasteiger partial charge in [0.15, 0.2) is 0 Å². The van der Waals surface area contributed by atoms with Gasteiger partial charge in [0.1, 0.15) is 11.5 Å². The predicted octanol–water partition coefficient (Wildman–Crippen LogP) is 2.07. The molecule has 0 aliphatic heterocycles. The second-order valence-corrected chi connectivity index (χ2v) is 3.20. The van der Waals surface area contributed by atoms with Crippen LogP contribution < -0.4 is 10.1 Å². The molecular weight excluding hydrogens is 178 g/mol. The van der Waals surface area contributed by atoms with Crippen LogP contribution in [0.5, 0.6) is 11.5 Å². The quantitative estimate of drug-likeness (QED) is 0.772. The maximum atomic E-state index is 9.70. The van der Waals surface area contributed by atoms with Gasteiger partial charge in [0.05, 0.1) is 7.11 Å². The van der Waals surface area contributed by atoms with Gasteiger partial charge in [-0.05, 0) is 19.5 Å². The summed E-state index contributed by atoms with van der Waals surface area (Å²) in [6, 6.07) is 5.51. The van der Waals surface area contributed by atoms with E-state index in [1.807, 2.05) is 26.0 Å². The molecule has 3 heteroatoms. The summed E-state index contributed by atoms with van der Waals surface area (Å²) in [4.78, 5) is 0. The number of benzene rings is 1. The zero-order valence-electron chi connectivity index (χ0n) is 8.87. The number of aromatic hydroxyl groups is 1. The average molecular weight is 195 g/mol. The Hall–Kier alpha value is -1.22. The Kier molecular flexibility index (Phi) is 3.77. The molecule has 78 valence electrons. The van der Waals surface area contributed by atoms with Gasteiger partial charge in [-0.1, -0.05) is 13.0 Å². The Balaban J connectivity index is 2.88. The van der Waals surface area contributed by atoms with Crippen LogP contribution in [-0.2, 0) is 0 Å². The zero-order chi connectivity index (χ0) is 10.6. The van der Waals surface area contributed by atoms with Gasteiger partial charge in [-0.25, -0.2) is 0 Å². The van der Waals surface area contributed by atoms with E-state index >= 15 is 0 Å². The van der Waals surface area contributed by atoms with Crippen molar-refractivity contribution in [2.45, 2.75) is 19.9 Å². The van der Waals surface area contributed by atoms with E-state index in [4.69, 9.17) is 4.74 Å². The lowest BCUT2D eigenvalue weighted by molar-refractivity contribution is 0.404. The molecule has 0 fully saturated rings. The molecule has 0 aliphatic rings. The summed E-state index contributed by atoms with van der Waals surface area (Å²) in [6.45, 7) is 4.94. The van der Waals surface area contributed by atoms with Crippen LogP contribution in [0, 0.1) is 0 Å². The molecule has 1 rings (SSSR count). The molecule has 1 unspecified atom stereocenters. The molecule has 0 bridgehead atoms. The minimum Gasteiger partial charge on any atom is -0.507 e. The van der Waals surface area contributed by atoms with E-state index in [2.05, 4.69) is 5.32 Å². The second-order valence-electron chi connectivity index (χ2n) is 3.20. The fourth-order valence-electron chi connectivity index (χ4n) is 1.43. The van der Waals surface area contributed by atoms with Crippen molar-refractivity contribution in [3.8, 4) is 11.5 Å². The Morgan fingerprint density at radius 1 is 1.50 bits per heavy atom. The number of phenols is 1. The van der Waals surface area contributed by atoms with E-state index in [9.17, 15) is 5.11 Å². The lowest BCUT2D eigenvalue weighted by Crippen LogP contribution is -2.17. The highest BCUT2D eigenvalue weighted by molar-refractivity contribution is 5.41. The Morgan fingerprint density at radius 3 is 2.71 bits per heavy atom. The molecule has 3 nitrogen and oxygen atoms in total. The molecule has 0 saturated carbocycles. The number of hydrogen-bond acceptors (Lipinski definition) is 3. The smallest absolute Gasteiger partial charge is 0.124 e. The van der Waals surface area contributed by atoms with Crippen LogP contribution in [0.1, 0.15) is 25.5 Å². The van der Waals surface area contributed by atoms with E-state index in [1.54, 1.807) is 13.2 Å². The zero-order valence-corrected chi connectivity index (χ0v) is 8.87. The second kappa shape index (κ2) is 4.86. The first-order valence-electron chi connectivity index (χ1n) is 4.79. The van der Waals surface area contributed by atoms with Gasteiger partial charge in [0.2, 0.25) is 0 Å². The van der Waals surface area contributed by atoms with Gasteiger partial charge in [-0.2, -0.15) is 0 Å². The third-order valence-electron chi connectivity index (χ3n) is 2.21. The number of rotatable bonds is 4. The van der Waals surface area contributed by atoms with Crippen molar-refractivity contribution in [1.29, 1.82) is 0 Å². The molecule has 1 aromatic carbocycles. The molecule has 0 aliphatic carbocycles.